The Kier molecular flexibility index (Phi) is 10.0. The van der Waals surface area contributed by atoms with Crippen molar-refractivity contribution in [3.05, 3.63) is 48.2 Å². The van der Waals surface area contributed by atoms with E-state index in [1.54, 1.807) is 26.8 Å². The molecule has 1 aliphatic carbocycles. The number of carboxylic acid groups (broad SMARTS) is 1. The number of pyridine rings is 1. The summed E-state index contributed by atoms with van der Waals surface area (Å²) in [4.78, 5) is 58.4. The molecule has 11 heteroatoms. The predicted molar refractivity (Wildman–Crippen MR) is 155 cm³/mol. The lowest BCUT2D eigenvalue weighted by Gasteiger charge is -2.35. The summed E-state index contributed by atoms with van der Waals surface area (Å²) < 4.78 is 11.6. The Morgan fingerprint density at radius 2 is 1.64 bits per heavy atom. The maximum Gasteiger partial charge on any atom is 0.407 e. The maximum atomic E-state index is 13.6. The van der Waals surface area contributed by atoms with Crippen molar-refractivity contribution in [1.82, 2.24) is 20.1 Å². The van der Waals surface area contributed by atoms with E-state index >= 15 is 0 Å². The number of esters is 1. The van der Waals surface area contributed by atoms with Crippen molar-refractivity contribution in [3.8, 4) is 17.0 Å². The first kappa shape index (κ1) is 30.8. The fourth-order valence-electron chi connectivity index (χ4n) is 5.13. The van der Waals surface area contributed by atoms with Crippen LogP contribution in [0.3, 0.4) is 0 Å². The smallest absolute Gasteiger partial charge is 0.407 e. The fourth-order valence-corrected chi connectivity index (χ4v) is 5.13. The zero-order valence-corrected chi connectivity index (χ0v) is 24.5. The Balaban J connectivity index is 1.55. The molecule has 1 aliphatic heterocycles. The molecule has 1 aromatic carbocycles. The number of aromatic nitrogens is 1. The van der Waals surface area contributed by atoms with Gasteiger partial charge in [0.05, 0.1) is 11.8 Å². The van der Waals surface area contributed by atoms with Crippen molar-refractivity contribution in [3.63, 3.8) is 0 Å². The molecule has 1 aromatic heterocycles. The van der Waals surface area contributed by atoms with Crippen LogP contribution in [-0.4, -0.2) is 87.7 Å². The van der Waals surface area contributed by atoms with Crippen LogP contribution in [0.5, 0.6) is 5.75 Å². The van der Waals surface area contributed by atoms with Gasteiger partial charge in [0.2, 0.25) is 5.91 Å². The van der Waals surface area contributed by atoms with Crippen LogP contribution in [0.1, 0.15) is 69.8 Å². The van der Waals surface area contributed by atoms with Gasteiger partial charge >= 0.3 is 12.1 Å². The number of carbonyl (C=O) groups excluding carboxylic acids is 3. The van der Waals surface area contributed by atoms with Gasteiger partial charge in [-0.05, 0) is 52.9 Å². The number of ether oxygens (including phenoxy) is 2. The minimum absolute atomic E-state index is 0.0163. The summed E-state index contributed by atoms with van der Waals surface area (Å²) in [6.07, 6.45) is 3.03. The Morgan fingerprint density at radius 1 is 1.00 bits per heavy atom. The van der Waals surface area contributed by atoms with Gasteiger partial charge in [-0.3, -0.25) is 14.4 Å². The first-order valence-electron chi connectivity index (χ1n) is 14.5. The average molecular weight is 581 g/mol. The standard InChI is InChI=1S/C31H40N4O7/c1-31(2,3)42-27(36)14-13-24(29(38)34-15-17-35(18-16-34)30(39)40)33-28(37)26-20-23(41-22-11-7-8-12-22)19-25(32-26)21-9-5-4-6-10-21/h4-6,9-10,19-20,22,24H,7-8,11-18H2,1-3H3,(H,33,37)(H,39,40)/t24-/m0/s1. The molecular formula is C31H40N4O7. The quantitative estimate of drug-likeness (QED) is 0.423. The highest BCUT2D eigenvalue weighted by molar-refractivity contribution is 5.97. The molecule has 0 spiro atoms. The van der Waals surface area contributed by atoms with Crippen LogP contribution in [0.2, 0.25) is 0 Å². The first-order valence-corrected chi connectivity index (χ1v) is 14.5. The molecule has 2 aliphatic rings. The first-order chi connectivity index (χ1) is 20.0. The number of rotatable bonds is 9. The minimum Gasteiger partial charge on any atom is -0.490 e. The van der Waals surface area contributed by atoms with E-state index in [4.69, 9.17) is 9.47 Å². The molecule has 2 N–H and O–H groups in total. The number of carbonyl (C=O) groups is 4. The van der Waals surface area contributed by atoms with Gasteiger partial charge in [-0.25, -0.2) is 9.78 Å². The second-order valence-corrected chi connectivity index (χ2v) is 11.7. The number of nitrogens with one attached hydrogen (secondary N) is 1. The molecule has 11 nitrogen and oxygen atoms in total. The number of benzene rings is 1. The molecule has 3 amide bonds. The third kappa shape index (κ3) is 8.67. The van der Waals surface area contributed by atoms with Crippen molar-refractivity contribution in [2.75, 3.05) is 26.2 Å². The van der Waals surface area contributed by atoms with Crippen molar-refractivity contribution >= 4 is 23.9 Å². The van der Waals surface area contributed by atoms with Crippen molar-refractivity contribution in [1.29, 1.82) is 0 Å². The van der Waals surface area contributed by atoms with Gasteiger partial charge in [-0.15, -0.1) is 0 Å². The lowest BCUT2D eigenvalue weighted by molar-refractivity contribution is -0.155. The average Bonchev–Trinajstić information content (AvgIpc) is 3.47. The summed E-state index contributed by atoms with van der Waals surface area (Å²) in [5.41, 5.74) is 0.787. The molecule has 0 bridgehead atoms. The highest BCUT2D eigenvalue weighted by Crippen LogP contribution is 2.28. The summed E-state index contributed by atoms with van der Waals surface area (Å²) in [5, 5.41) is 12.1. The molecule has 0 unspecified atom stereocenters. The number of piperazine rings is 1. The molecule has 1 atom stereocenters. The van der Waals surface area contributed by atoms with Gasteiger partial charge in [0.1, 0.15) is 23.1 Å². The zero-order valence-electron chi connectivity index (χ0n) is 24.5. The molecule has 2 aromatic rings. The van der Waals surface area contributed by atoms with Crippen LogP contribution in [-0.2, 0) is 14.3 Å². The van der Waals surface area contributed by atoms with Gasteiger partial charge in [-0.1, -0.05) is 30.3 Å². The van der Waals surface area contributed by atoms with Gasteiger partial charge < -0.3 is 29.7 Å². The molecule has 2 heterocycles. The van der Waals surface area contributed by atoms with Crippen LogP contribution in [0.15, 0.2) is 42.5 Å². The van der Waals surface area contributed by atoms with E-state index in [0.717, 1.165) is 31.2 Å². The third-order valence-corrected chi connectivity index (χ3v) is 7.23. The van der Waals surface area contributed by atoms with Gasteiger partial charge in [-0.2, -0.15) is 0 Å². The molecule has 0 radical (unpaired) electrons. The summed E-state index contributed by atoms with van der Waals surface area (Å²) in [6.45, 7) is 5.97. The number of hydrogen-bond donors (Lipinski definition) is 2. The van der Waals surface area contributed by atoms with Crippen LogP contribution in [0.25, 0.3) is 11.3 Å². The van der Waals surface area contributed by atoms with Crippen molar-refractivity contribution in [2.24, 2.45) is 0 Å². The number of hydrogen-bond acceptors (Lipinski definition) is 7. The van der Waals surface area contributed by atoms with Crippen molar-refractivity contribution in [2.45, 2.75) is 77.0 Å². The second kappa shape index (κ2) is 13.7. The molecular weight excluding hydrogens is 540 g/mol. The summed E-state index contributed by atoms with van der Waals surface area (Å²) in [6, 6.07) is 11.8. The van der Waals surface area contributed by atoms with Crippen LogP contribution < -0.4 is 10.1 Å². The van der Waals surface area contributed by atoms with E-state index in [0.29, 0.717) is 11.4 Å². The highest BCUT2D eigenvalue weighted by atomic mass is 16.6. The van der Waals surface area contributed by atoms with Crippen LogP contribution in [0.4, 0.5) is 4.79 Å². The van der Waals surface area contributed by atoms with E-state index in [-0.39, 0.29) is 50.8 Å². The maximum absolute atomic E-state index is 13.6. The molecule has 4 rings (SSSR count). The number of nitrogens with zero attached hydrogens (tertiary/aromatic N) is 3. The molecule has 226 valence electrons. The van der Waals surface area contributed by atoms with E-state index in [1.165, 1.54) is 9.80 Å². The largest absolute Gasteiger partial charge is 0.490 e. The SMILES string of the molecule is CC(C)(C)OC(=O)CC[C@H](NC(=O)c1cc(OC2CCCC2)cc(-c2ccccc2)n1)C(=O)N1CCN(C(=O)O)CC1. The molecule has 1 saturated heterocycles. The zero-order chi connectivity index (χ0) is 30.3. The van der Waals surface area contributed by atoms with Crippen LogP contribution >= 0.6 is 0 Å². The Labute approximate surface area is 246 Å². The Hall–Kier alpha value is -4.15. The van der Waals surface area contributed by atoms with E-state index in [2.05, 4.69) is 10.3 Å². The van der Waals surface area contributed by atoms with Gasteiger partial charge in [0.25, 0.3) is 5.91 Å². The lowest BCUT2D eigenvalue weighted by Crippen LogP contribution is -2.55. The summed E-state index contributed by atoms with van der Waals surface area (Å²) in [7, 11) is 0. The van der Waals surface area contributed by atoms with Gasteiger partial charge in [0.15, 0.2) is 0 Å². The predicted octanol–water partition coefficient (Wildman–Crippen LogP) is 4.11. The third-order valence-electron chi connectivity index (χ3n) is 7.23. The topological polar surface area (TPSA) is 138 Å². The lowest BCUT2D eigenvalue weighted by atomic mass is 10.1. The molecule has 1 saturated carbocycles. The van der Waals surface area contributed by atoms with E-state index < -0.39 is 35.5 Å². The fraction of sp³-hybridized carbons (Fsp3) is 0.516. The second-order valence-electron chi connectivity index (χ2n) is 11.7. The summed E-state index contributed by atoms with van der Waals surface area (Å²) >= 11 is 0. The van der Waals surface area contributed by atoms with Gasteiger partial charge in [0, 0.05) is 50.3 Å². The number of amides is 3. The summed E-state index contributed by atoms with van der Waals surface area (Å²) in [5.74, 6) is -0.918. The van der Waals surface area contributed by atoms with E-state index in [1.807, 2.05) is 36.4 Å². The monoisotopic (exact) mass is 580 g/mol. The minimum atomic E-state index is -1.04. The van der Waals surface area contributed by atoms with Crippen LogP contribution in [0, 0.1) is 0 Å². The van der Waals surface area contributed by atoms with Crippen molar-refractivity contribution < 1.29 is 33.8 Å². The van der Waals surface area contributed by atoms with E-state index in [9.17, 15) is 24.3 Å². The highest BCUT2D eigenvalue weighted by Gasteiger charge is 2.31. The Bertz CT molecular complexity index is 1260. The Morgan fingerprint density at radius 3 is 2.26 bits per heavy atom. The molecule has 2 fully saturated rings. The molecule has 42 heavy (non-hydrogen) atoms. The normalized spacial score (nSPS) is 16.5.